The van der Waals surface area contributed by atoms with Crippen LogP contribution in [0.15, 0.2) is 0 Å². The molecule has 0 radical (unpaired) electrons. The normalized spacial score (nSPS) is 12.1. The number of amides is 1. The highest BCUT2D eigenvalue weighted by atomic mass is 32.2. The largest absolute Gasteiger partial charge is 0.480 e. The maximum absolute atomic E-state index is 11.5. The molecule has 0 aromatic rings. The first-order chi connectivity index (χ1) is 8.11. The minimum atomic E-state index is -0.953. The van der Waals surface area contributed by atoms with Gasteiger partial charge in [0.25, 0.3) is 0 Å². The highest BCUT2D eigenvalue weighted by Crippen LogP contribution is 2.05. The molecule has 6 heteroatoms. The van der Waals surface area contributed by atoms with E-state index in [1.54, 1.807) is 23.5 Å². The van der Waals surface area contributed by atoms with Crippen LogP contribution in [0.5, 0.6) is 0 Å². The van der Waals surface area contributed by atoms with E-state index in [1.807, 2.05) is 6.26 Å². The van der Waals surface area contributed by atoms with Crippen LogP contribution in [0.1, 0.15) is 26.2 Å². The molecule has 0 bridgehead atoms. The number of nitrogens with one attached hydrogen (secondary N) is 1. The Balaban J connectivity index is 3.83. The summed E-state index contributed by atoms with van der Waals surface area (Å²) in [5.74, 6) is 0.904. The standard InChI is InChI=1S/C11H21NO3S2/c1-3-4-6-17-8-10(13)12-9(11(14)15)5-7-16-2/h9H,3-8H2,1-2H3,(H,12,13)(H,14,15)/t9-/m0/s1. The summed E-state index contributed by atoms with van der Waals surface area (Å²) >= 11 is 3.13. The van der Waals surface area contributed by atoms with E-state index in [0.29, 0.717) is 12.2 Å². The summed E-state index contributed by atoms with van der Waals surface area (Å²) in [6, 6.07) is -0.748. The van der Waals surface area contributed by atoms with E-state index in [1.165, 1.54) is 0 Å². The van der Waals surface area contributed by atoms with Crippen LogP contribution >= 0.6 is 23.5 Å². The van der Waals surface area contributed by atoms with Gasteiger partial charge < -0.3 is 10.4 Å². The molecule has 0 aliphatic carbocycles. The molecule has 0 aromatic heterocycles. The lowest BCUT2D eigenvalue weighted by Gasteiger charge is -2.13. The maximum Gasteiger partial charge on any atom is 0.326 e. The molecule has 0 saturated carbocycles. The van der Waals surface area contributed by atoms with E-state index in [4.69, 9.17) is 5.11 Å². The van der Waals surface area contributed by atoms with Crippen molar-refractivity contribution >= 4 is 35.4 Å². The van der Waals surface area contributed by atoms with Gasteiger partial charge in [0, 0.05) is 0 Å². The second-order valence-electron chi connectivity index (χ2n) is 3.65. The van der Waals surface area contributed by atoms with Crippen molar-refractivity contribution in [2.45, 2.75) is 32.2 Å². The smallest absolute Gasteiger partial charge is 0.326 e. The van der Waals surface area contributed by atoms with Crippen LogP contribution in [-0.2, 0) is 9.59 Å². The average molecular weight is 279 g/mol. The van der Waals surface area contributed by atoms with Gasteiger partial charge in [-0.3, -0.25) is 4.79 Å². The highest BCUT2D eigenvalue weighted by molar-refractivity contribution is 7.99. The van der Waals surface area contributed by atoms with Gasteiger partial charge in [0.05, 0.1) is 5.75 Å². The first-order valence-electron chi connectivity index (χ1n) is 5.70. The van der Waals surface area contributed by atoms with Crippen molar-refractivity contribution in [2.24, 2.45) is 0 Å². The summed E-state index contributed by atoms with van der Waals surface area (Å²) in [4.78, 5) is 22.4. The van der Waals surface area contributed by atoms with Crippen LogP contribution in [-0.4, -0.2) is 46.5 Å². The molecule has 0 fully saturated rings. The van der Waals surface area contributed by atoms with E-state index < -0.39 is 12.0 Å². The van der Waals surface area contributed by atoms with Gasteiger partial charge in [-0.25, -0.2) is 4.79 Å². The number of hydrogen-bond donors (Lipinski definition) is 2. The predicted molar refractivity (Wildman–Crippen MR) is 74.8 cm³/mol. The topological polar surface area (TPSA) is 66.4 Å². The number of thioether (sulfide) groups is 2. The number of unbranched alkanes of at least 4 members (excludes halogenated alkanes) is 1. The van der Waals surface area contributed by atoms with Crippen molar-refractivity contribution in [3.63, 3.8) is 0 Å². The van der Waals surface area contributed by atoms with E-state index in [2.05, 4.69) is 12.2 Å². The molecule has 17 heavy (non-hydrogen) atoms. The summed E-state index contributed by atoms with van der Waals surface area (Å²) in [6.45, 7) is 2.10. The molecule has 4 nitrogen and oxygen atoms in total. The van der Waals surface area contributed by atoms with Gasteiger partial charge in [-0.2, -0.15) is 23.5 Å². The number of carbonyl (C=O) groups is 2. The summed E-state index contributed by atoms with van der Waals surface area (Å²) in [5.41, 5.74) is 0. The lowest BCUT2D eigenvalue weighted by Crippen LogP contribution is -2.42. The second kappa shape index (κ2) is 10.8. The van der Waals surface area contributed by atoms with Crippen LogP contribution in [0, 0.1) is 0 Å². The Morgan fingerprint density at radius 3 is 2.59 bits per heavy atom. The SMILES string of the molecule is CCCCSCC(=O)N[C@@H](CCSC)C(=O)O. The van der Waals surface area contributed by atoms with Gasteiger partial charge in [0.2, 0.25) is 5.91 Å². The van der Waals surface area contributed by atoms with Gasteiger partial charge in [0.15, 0.2) is 0 Å². The number of rotatable bonds is 10. The zero-order valence-corrected chi connectivity index (χ0v) is 12.0. The molecule has 100 valence electrons. The Morgan fingerprint density at radius 1 is 1.35 bits per heavy atom. The minimum Gasteiger partial charge on any atom is -0.480 e. The third kappa shape index (κ3) is 9.35. The maximum atomic E-state index is 11.5. The van der Waals surface area contributed by atoms with Gasteiger partial charge >= 0.3 is 5.97 Å². The molecular formula is C11H21NO3S2. The van der Waals surface area contributed by atoms with Crippen LogP contribution in [0.25, 0.3) is 0 Å². The molecule has 0 aliphatic heterocycles. The Hall–Kier alpha value is -0.360. The van der Waals surface area contributed by atoms with Crippen molar-refractivity contribution in [1.82, 2.24) is 5.32 Å². The van der Waals surface area contributed by atoms with Crippen molar-refractivity contribution < 1.29 is 14.7 Å². The molecule has 0 saturated heterocycles. The monoisotopic (exact) mass is 279 g/mol. The van der Waals surface area contributed by atoms with Gasteiger partial charge in [-0.15, -0.1) is 0 Å². The lowest BCUT2D eigenvalue weighted by molar-refractivity contribution is -0.141. The minimum absolute atomic E-state index is 0.181. The number of carboxylic acids is 1. The van der Waals surface area contributed by atoms with E-state index >= 15 is 0 Å². The summed E-state index contributed by atoms with van der Waals surface area (Å²) in [5, 5.41) is 11.5. The average Bonchev–Trinajstić information content (AvgIpc) is 2.29. The molecule has 0 aliphatic rings. The van der Waals surface area contributed by atoms with Crippen molar-refractivity contribution in [2.75, 3.05) is 23.5 Å². The van der Waals surface area contributed by atoms with E-state index in [9.17, 15) is 9.59 Å². The van der Waals surface area contributed by atoms with Crippen molar-refractivity contribution in [3.8, 4) is 0 Å². The molecule has 1 amide bonds. The molecule has 0 unspecified atom stereocenters. The fourth-order valence-electron chi connectivity index (χ4n) is 1.14. The summed E-state index contributed by atoms with van der Waals surface area (Å²) in [7, 11) is 0. The number of hydrogen-bond acceptors (Lipinski definition) is 4. The van der Waals surface area contributed by atoms with Crippen LogP contribution < -0.4 is 5.32 Å². The zero-order valence-electron chi connectivity index (χ0n) is 10.4. The van der Waals surface area contributed by atoms with Gasteiger partial charge in [-0.05, 0) is 30.6 Å². The zero-order chi connectivity index (χ0) is 13.1. The van der Waals surface area contributed by atoms with E-state index in [-0.39, 0.29) is 5.91 Å². The lowest BCUT2D eigenvalue weighted by atomic mass is 10.2. The molecule has 0 rings (SSSR count). The quantitative estimate of drug-likeness (QED) is 0.597. The van der Waals surface area contributed by atoms with Gasteiger partial charge in [-0.1, -0.05) is 13.3 Å². The highest BCUT2D eigenvalue weighted by Gasteiger charge is 2.18. The molecule has 0 spiro atoms. The molecule has 0 aromatic carbocycles. The van der Waals surface area contributed by atoms with Crippen LogP contribution in [0.4, 0.5) is 0 Å². The fraction of sp³-hybridized carbons (Fsp3) is 0.818. The first-order valence-corrected chi connectivity index (χ1v) is 8.25. The number of carboxylic acid groups (broad SMARTS) is 1. The molecule has 2 N–H and O–H groups in total. The Morgan fingerprint density at radius 2 is 2.06 bits per heavy atom. The summed E-state index contributed by atoms with van der Waals surface area (Å²) in [6.07, 6.45) is 4.59. The molecule has 0 heterocycles. The second-order valence-corrected chi connectivity index (χ2v) is 5.74. The van der Waals surface area contributed by atoms with Crippen molar-refractivity contribution in [3.05, 3.63) is 0 Å². The number of aliphatic carboxylic acids is 1. The molecular weight excluding hydrogens is 258 g/mol. The fourth-order valence-corrected chi connectivity index (χ4v) is 2.52. The third-order valence-electron chi connectivity index (χ3n) is 2.12. The number of carbonyl (C=O) groups excluding carboxylic acids is 1. The third-order valence-corrected chi connectivity index (χ3v) is 3.81. The van der Waals surface area contributed by atoms with Gasteiger partial charge in [0.1, 0.15) is 6.04 Å². The Bertz CT molecular complexity index is 237. The van der Waals surface area contributed by atoms with E-state index in [0.717, 1.165) is 24.3 Å². The van der Waals surface area contributed by atoms with Crippen LogP contribution in [0.2, 0.25) is 0 Å². The molecule has 1 atom stereocenters. The van der Waals surface area contributed by atoms with Crippen molar-refractivity contribution in [1.29, 1.82) is 0 Å². The Labute approximate surface area is 111 Å². The van der Waals surface area contributed by atoms with Crippen LogP contribution in [0.3, 0.4) is 0 Å². The predicted octanol–water partition coefficient (Wildman–Crippen LogP) is 1.84. The first kappa shape index (κ1) is 16.6. The summed E-state index contributed by atoms with van der Waals surface area (Å²) < 4.78 is 0. The Kier molecular flexibility index (Phi) is 10.5.